The van der Waals surface area contributed by atoms with E-state index in [9.17, 15) is 4.79 Å². The Hall–Kier alpha value is -2.04. The number of carbonyl (C=O) groups is 1. The Balaban J connectivity index is 1.56. The number of halogens is 1. The van der Waals surface area contributed by atoms with E-state index in [-0.39, 0.29) is 12.5 Å². The summed E-state index contributed by atoms with van der Waals surface area (Å²) >= 11 is 6.06. The van der Waals surface area contributed by atoms with Crippen molar-refractivity contribution in [2.24, 2.45) is 0 Å². The molecule has 0 bridgehead atoms. The molecule has 0 unspecified atom stereocenters. The van der Waals surface area contributed by atoms with Crippen LogP contribution in [-0.2, 0) is 22.6 Å². The lowest BCUT2D eigenvalue weighted by atomic mass is 10.1. The molecule has 0 spiro atoms. The number of carbonyl (C=O) groups excluding carboxylic acids is 1. The molecule has 0 aliphatic carbocycles. The molecule has 1 aliphatic heterocycles. The average molecular weight is 318 g/mol. The number of rotatable bonds is 5. The first-order chi connectivity index (χ1) is 10.7. The normalized spacial score (nSPS) is 12.6. The van der Waals surface area contributed by atoms with E-state index in [1.165, 1.54) is 0 Å². The maximum atomic E-state index is 12.0. The fourth-order valence-electron chi connectivity index (χ4n) is 2.38. The van der Waals surface area contributed by atoms with E-state index < -0.39 is 0 Å². The predicted molar refractivity (Wildman–Crippen MR) is 85.4 cm³/mol. The number of benzene rings is 2. The van der Waals surface area contributed by atoms with Gasteiger partial charge in [0.25, 0.3) is 0 Å². The molecule has 0 saturated heterocycles. The van der Waals surface area contributed by atoms with Gasteiger partial charge in [-0.2, -0.15) is 0 Å². The average Bonchev–Trinajstić information content (AvgIpc) is 2.96. The fraction of sp³-hybridized carbons (Fsp3) is 0.235. The first kappa shape index (κ1) is 14.9. The van der Waals surface area contributed by atoms with Gasteiger partial charge in [0.15, 0.2) is 0 Å². The third-order valence-corrected chi connectivity index (χ3v) is 3.59. The molecule has 1 aliphatic rings. The fourth-order valence-corrected chi connectivity index (χ4v) is 2.63. The van der Waals surface area contributed by atoms with E-state index in [1.807, 2.05) is 36.4 Å². The minimum Gasteiger partial charge on any atom is -0.491 e. The van der Waals surface area contributed by atoms with Gasteiger partial charge in [-0.15, -0.1) is 0 Å². The third-order valence-electron chi connectivity index (χ3n) is 3.37. The summed E-state index contributed by atoms with van der Waals surface area (Å²) in [5, 5.41) is 3.38. The zero-order valence-electron chi connectivity index (χ0n) is 12.0. The molecule has 1 amide bonds. The van der Waals surface area contributed by atoms with Crippen molar-refractivity contribution in [3.05, 3.63) is 58.6 Å². The van der Waals surface area contributed by atoms with Gasteiger partial charge in [-0.1, -0.05) is 41.9 Å². The number of fused-ring (bicyclic) bond motifs is 1. The molecule has 2 aromatic rings. The second-order valence-corrected chi connectivity index (χ2v) is 5.50. The maximum Gasteiger partial charge on any atom is 0.250 e. The molecule has 22 heavy (non-hydrogen) atoms. The largest absolute Gasteiger partial charge is 0.491 e. The third kappa shape index (κ3) is 3.59. The topological polar surface area (TPSA) is 47.6 Å². The van der Waals surface area contributed by atoms with Crippen LogP contribution in [0.3, 0.4) is 0 Å². The van der Waals surface area contributed by atoms with E-state index in [0.29, 0.717) is 29.7 Å². The Morgan fingerprint density at radius 1 is 1.27 bits per heavy atom. The van der Waals surface area contributed by atoms with Crippen molar-refractivity contribution in [3.8, 4) is 5.75 Å². The van der Waals surface area contributed by atoms with E-state index in [2.05, 4.69) is 5.32 Å². The molecule has 1 N–H and O–H groups in total. The number of ether oxygens (including phenoxy) is 2. The minimum absolute atomic E-state index is 0.0177. The number of nitrogens with one attached hydrogen (secondary N) is 1. The van der Waals surface area contributed by atoms with Crippen LogP contribution in [0.15, 0.2) is 42.5 Å². The van der Waals surface area contributed by atoms with E-state index >= 15 is 0 Å². The minimum atomic E-state index is -0.226. The van der Waals surface area contributed by atoms with Crippen LogP contribution >= 0.6 is 11.6 Å². The molecular formula is C17H16ClNO3. The first-order valence-corrected chi connectivity index (χ1v) is 7.47. The van der Waals surface area contributed by atoms with Crippen LogP contribution < -0.4 is 10.1 Å². The van der Waals surface area contributed by atoms with Gasteiger partial charge < -0.3 is 14.8 Å². The summed E-state index contributed by atoms with van der Waals surface area (Å²) in [5.74, 6) is 0.483. The zero-order valence-corrected chi connectivity index (χ0v) is 12.7. The van der Waals surface area contributed by atoms with Crippen LogP contribution in [0.4, 0.5) is 5.69 Å². The predicted octanol–water partition coefficient (Wildman–Crippen LogP) is 3.43. The summed E-state index contributed by atoms with van der Waals surface area (Å²) in [7, 11) is 0. The highest BCUT2D eigenvalue weighted by Gasteiger charge is 2.19. The lowest BCUT2D eigenvalue weighted by Gasteiger charge is -2.11. The highest BCUT2D eigenvalue weighted by atomic mass is 35.5. The van der Waals surface area contributed by atoms with Crippen molar-refractivity contribution in [2.45, 2.75) is 13.0 Å². The summed E-state index contributed by atoms with van der Waals surface area (Å²) in [6, 6.07) is 13.3. The Morgan fingerprint density at radius 2 is 2.09 bits per heavy atom. The van der Waals surface area contributed by atoms with Gasteiger partial charge in [-0.05, 0) is 17.7 Å². The van der Waals surface area contributed by atoms with E-state index in [4.69, 9.17) is 21.1 Å². The molecule has 0 saturated carbocycles. The van der Waals surface area contributed by atoms with Gasteiger partial charge >= 0.3 is 0 Å². The summed E-state index contributed by atoms with van der Waals surface area (Å²) in [6.45, 7) is 0.998. The van der Waals surface area contributed by atoms with Gasteiger partial charge in [-0.3, -0.25) is 4.79 Å². The van der Waals surface area contributed by atoms with Crippen molar-refractivity contribution in [1.29, 1.82) is 0 Å². The van der Waals surface area contributed by atoms with Crippen LogP contribution in [0.25, 0.3) is 0 Å². The summed E-state index contributed by atoms with van der Waals surface area (Å²) in [6.07, 6.45) is 0.809. The van der Waals surface area contributed by atoms with Crippen molar-refractivity contribution in [1.82, 2.24) is 0 Å². The Morgan fingerprint density at radius 3 is 2.91 bits per heavy atom. The van der Waals surface area contributed by atoms with Gasteiger partial charge in [0, 0.05) is 17.0 Å². The highest BCUT2D eigenvalue weighted by Crippen LogP contribution is 2.36. The molecule has 5 heteroatoms. The van der Waals surface area contributed by atoms with E-state index in [0.717, 1.165) is 17.5 Å². The van der Waals surface area contributed by atoms with Crippen LogP contribution in [0.2, 0.25) is 5.02 Å². The molecular weight excluding hydrogens is 302 g/mol. The lowest BCUT2D eigenvalue weighted by Crippen LogP contribution is -2.18. The maximum absolute atomic E-state index is 12.0. The van der Waals surface area contributed by atoms with Gasteiger partial charge in [-0.25, -0.2) is 0 Å². The monoisotopic (exact) mass is 317 g/mol. The molecule has 0 radical (unpaired) electrons. The number of amides is 1. The smallest absolute Gasteiger partial charge is 0.250 e. The van der Waals surface area contributed by atoms with Crippen molar-refractivity contribution in [3.63, 3.8) is 0 Å². The van der Waals surface area contributed by atoms with Gasteiger partial charge in [0.2, 0.25) is 5.91 Å². The number of hydrogen-bond donors (Lipinski definition) is 1. The van der Waals surface area contributed by atoms with Gasteiger partial charge in [0.05, 0.1) is 18.9 Å². The summed E-state index contributed by atoms with van der Waals surface area (Å²) in [4.78, 5) is 12.0. The first-order valence-electron chi connectivity index (χ1n) is 7.09. The Kier molecular flexibility index (Phi) is 4.61. The molecule has 114 valence electrons. The molecule has 0 atom stereocenters. The molecule has 3 rings (SSSR count). The van der Waals surface area contributed by atoms with Crippen LogP contribution in [0.1, 0.15) is 11.1 Å². The van der Waals surface area contributed by atoms with Crippen LogP contribution in [0.5, 0.6) is 5.75 Å². The number of hydrogen-bond acceptors (Lipinski definition) is 3. The number of anilines is 1. The van der Waals surface area contributed by atoms with Crippen molar-refractivity contribution < 1.29 is 14.3 Å². The molecule has 0 aromatic heterocycles. The standard InChI is InChI=1S/C17H16ClNO3/c18-14-8-13-6-7-22-17(13)15(9-14)19-16(20)11-21-10-12-4-2-1-3-5-12/h1-5,8-9H,6-7,10-11H2,(H,19,20). The molecule has 1 heterocycles. The van der Waals surface area contributed by atoms with Gasteiger partial charge in [0.1, 0.15) is 12.4 Å². The van der Waals surface area contributed by atoms with Crippen LogP contribution in [-0.4, -0.2) is 19.1 Å². The van der Waals surface area contributed by atoms with Crippen molar-refractivity contribution >= 4 is 23.2 Å². The molecule has 4 nitrogen and oxygen atoms in total. The van der Waals surface area contributed by atoms with E-state index in [1.54, 1.807) is 6.07 Å². The Bertz CT molecular complexity index is 673. The SMILES string of the molecule is O=C(COCc1ccccc1)Nc1cc(Cl)cc2c1OCC2. The van der Waals surface area contributed by atoms with Crippen LogP contribution in [0, 0.1) is 0 Å². The second kappa shape index (κ2) is 6.81. The highest BCUT2D eigenvalue weighted by molar-refractivity contribution is 6.31. The summed E-state index contributed by atoms with van der Waals surface area (Å²) in [5.41, 5.74) is 2.66. The molecule has 2 aromatic carbocycles. The Labute approximate surface area is 134 Å². The second-order valence-electron chi connectivity index (χ2n) is 5.07. The quantitative estimate of drug-likeness (QED) is 0.919. The van der Waals surface area contributed by atoms with Crippen molar-refractivity contribution in [2.75, 3.05) is 18.5 Å². The molecule has 0 fully saturated rings. The zero-order chi connectivity index (χ0) is 15.4. The lowest BCUT2D eigenvalue weighted by molar-refractivity contribution is -0.121. The summed E-state index contributed by atoms with van der Waals surface area (Å²) < 4.78 is 11.0.